The fourth-order valence-corrected chi connectivity index (χ4v) is 3.60. The average Bonchev–Trinajstić information content (AvgIpc) is 2.03. The molecule has 0 atom stereocenters. The Morgan fingerprint density at radius 3 is 2.31 bits per heavy atom. The van der Waals surface area contributed by atoms with Gasteiger partial charge in [-0.2, -0.15) is 0 Å². The molecule has 13 heavy (non-hydrogen) atoms. The molecule has 0 amide bonds. The van der Waals surface area contributed by atoms with E-state index in [-0.39, 0.29) is 5.33 Å². The van der Waals surface area contributed by atoms with Crippen molar-refractivity contribution < 1.29 is 0 Å². The second kappa shape index (κ2) is 4.77. The van der Waals surface area contributed by atoms with Crippen molar-refractivity contribution in [3.63, 3.8) is 0 Å². The van der Waals surface area contributed by atoms with Gasteiger partial charge in [0.2, 0.25) is 0 Å². The number of nitrogens with zero attached hydrogens (tertiary/aromatic N) is 1. The van der Waals surface area contributed by atoms with Crippen LogP contribution in [0.1, 0.15) is 5.56 Å². The maximum atomic E-state index is 3.59. The molecule has 0 aromatic heterocycles. The molecule has 0 spiro atoms. The van der Waals surface area contributed by atoms with Crippen molar-refractivity contribution in [2.45, 2.75) is 6.92 Å². The van der Waals surface area contributed by atoms with Gasteiger partial charge in [0.1, 0.15) is 0 Å². The van der Waals surface area contributed by atoms with E-state index in [9.17, 15) is 0 Å². The van der Waals surface area contributed by atoms with Crippen LogP contribution in [0.5, 0.6) is 0 Å². The third kappa shape index (κ3) is 2.93. The molecule has 1 aromatic rings. The molecule has 0 radical (unpaired) electrons. The molecule has 0 unspecified atom stereocenters. The second-order valence-corrected chi connectivity index (χ2v) is 11.2. The topological polar surface area (TPSA) is 3.24 Å². The first-order chi connectivity index (χ1) is 6.02. The largest absolute Gasteiger partial charge is 0.377 e. The minimum Gasteiger partial charge on any atom is -0.377 e. The molecule has 1 nitrogen and oxygen atoms in total. The van der Waals surface area contributed by atoms with Crippen LogP contribution >= 0.6 is 36.3 Å². The first kappa shape index (κ1) is 11.5. The van der Waals surface area contributed by atoms with Crippen molar-refractivity contribution in [2.24, 2.45) is 0 Å². The predicted molar refractivity (Wildman–Crippen MR) is 69.9 cm³/mol. The van der Waals surface area contributed by atoms with Crippen LogP contribution in [0.15, 0.2) is 18.2 Å². The Labute approximate surface area is 96.7 Å². The van der Waals surface area contributed by atoms with Gasteiger partial charge in [-0.3, -0.25) is 0 Å². The van der Waals surface area contributed by atoms with E-state index in [1.165, 1.54) is 16.6 Å². The number of rotatable bonds is 2. The van der Waals surface area contributed by atoms with Gasteiger partial charge in [-0.15, -0.1) is 0 Å². The monoisotopic (exact) mass is 323 g/mol. The molecule has 0 N–H and O–H groups in total. The predicted octanol–water partition coefficient (Wildman–Crippen LogP) is 3.79. The SMILES string of the molecule is Cc1ccc(N(C)C)c(P(Br)Br)c1. The van der Waals surface area contributed by atoms with E-state index in [4.69, 9.17) is 0 Å². The van der Waals surface area contributed by atoms with E-state index < -0.39 is 0 Å². The van der Waals surface area contributed by atoms with Gasteiger partial charge in [0, 0.05) is 25.1 Å². The van der Waals surface area contributed by atoms with Gasteiger partial charge in [-0.1, -0.05) is 11.6 Å². The minimum absolute atomic E-state index is 0.382. The summed E-state index contributed by atoms with van der Waals surface area (Å²) in [6.45, 7) is 2.11. The lowest BCUT2D eigenvalue weighted by atomic mass is 10.2. The van der Waals surface area contributed by atoms with Gasteiger partial charge < -0.3 is 4.90 Å². The quantitative estimate of drug-likeness (QED) is 0.748. The van der Waals surface area contributed by atoms with E-state index in [2.05, 4.69) is 75.1 Å². The molecule has 0 saturated heterocycles. The van der Waals surface area contributed by atoms with Crippen molar-refractivity contribution in [1.29, 1.82) is 0 Å². The van der Waals surface area contributed by atoms with Gasteiger partial charge in [-0.05, 0) is 50.0 Å². The molecule has 72 valence electrons. The molecule has 1 aromatic carbocycles. The summed E-state index contributed by atoms with van der Waals surface area (Å²) in [5.74, 6) is 0. The Bertz CT molecular complexity index is 300. The Morgan fingerprint density at radius 1 is 1.23 bits per heavy atom. The molecule has 0 saturated carbocycles. The maximum absolute atomic E-state index is 3.59. The average molecular weight is 325 g/mol. The van der Waals surface area contributed by atoms with Crippen molar-refractivity contribution in [3.05, 3.63) is 23.8 Å². The normalized spacial score (nSPS) is 10.6. The van der Waals surface area contributed by atoms with Gasteiger partial charge in [0.25, 0.3) is 0 Å². The van der Waals surface area contributed by atoms with Crippen LogP contribution in [0.2, 0.25) is 0 Å². The first-order valence-corrected chi connectivity index (χ1v) is 9.30. The number of benzene rings is 1. The fourth-order valence-electron chi connectivity index (χ4n) is 1.15. The highest BCUT2D eigenvalue weighted by molar-refractivity contribution is 9.70. The van der Waals surface area contributed by atoms with Gasteiger partial charge in [0.15, 0.2) is 0 Å². The van der Waals surface area contributed by atoms with E-state index in [1.54, 1.807) is 0 Å². The summed E-state index contributed by atoms with van der Waals surface area (Å²) >= 11 is 7.18. The maximum Gasteiger partial charge on any atom is 0.0675 e. The number of aryl methyl sites for hydroxylation is 1. The molecule has 0 fully saturated rings. The standard InChI is InChI=1S/C9H12Br2NP/c1-7-4-5-8(12(2)3)9(6-7)13(10)11/h4-6H,1-3H3. The highest BCUT2D eigenvalue weighted by Crippen LogP contribution is 2.52. The minimum atomic E-state index is -0.382. The molecule has 0 aliphatic carbocycles. The van der Waals surface area contributed by atoms with Crippen LogP contribution in [0.3, 0.4) is 0 Å². The van der Waals surface area contributed by atoms with Crippen LogP contribution in [-0.2, 0) is 0 Å². The summed E-state index contributed by atoms with van der Waals surface area (Å²) in [5.41, 5.74) is 2.57. The Balaban J connectivity index is 3.19. The lowest BCUT2D eigenvalue weighted by Gasteiger charge is -2.18. The van der Waals surface area contributed by atoms with Crippen molar-refractivity contribution in [3.8, 4) is 0 Å². The molecule has 4 heteroatoms. The zero-order valence-corrected chi connectivity index (χ0v) is 11.9. The lowest BCUT2D eigenvalue weighted by molar-refractivity contribution is 1.14. The van der Waals surface area contributed by atoms with E-state index in [1.807, 2.05) is 0 Å². The van der Waals surface area contributed by atoms with Crippen molar-refractivity contribution in [2.75, 3.05) is 19.0 Å². The zero-order chi connectivity index (χ0) is 10.0. The summed E-state index contributed by atoms with van der Waals surface area (Å²) in [6, 6.07) is 6.50. The van der Waals surface area contributed by atoms with Crippen molar-refractivity contribution in [1.82, 2.24) is 0 Å². The van der Waals surface area contributed by atoms with Crippen LogP contribution in [-0.4, -0.2) is 14.1 Å². The fraction of sp³-hybridized carbons (Fsp3) is 0.333. The zero-order valence-electron chi connectivity index (χ0n) is 7.88. The summed E-state index contributed by atoms with van der Waals surface area (Å²) in [6.07, 6.45) is 0. The van der Waals surface area contributed by atoms with E-state index >= 15 is 0 Å². The second-order valence-electron chi connectivity index (χ2n) is 3.12. The van der Waals surface area contributed by atoms with Crippen LogP contribution in [0.4, 0.5) is 5.69 Å². The lowest BCUT2D eigenvalue weighted by Crippen LogP contribution is -2.16. The van der Waals surface area contributed by atoms with Crippen LogP contribution in [0, 0.1) is 6.92 Å². The third-order valence-electron chi connectivity index (χ3n) is 1.79. The number of hydrogen-bond acceptors (Lipinski definition) is 1. The smallest absolute Gasteiger partial charge is 0.0675 e. The van der Waals surface area contributed by atoms with E-state index in [0.717, 1.165) is 0 Å². The summed E-state index contributed by atoms with van der Waals surface area (Å²) in [5, 5.41) is 0.952. The van der Waals surface area contributed by atoms with Gasteiger partial charge >= 0.3 is 0 Å². The molecule has 0 aliphatic rings. The summed E-state index contributed by atoms with van der Waals surface area (Å²) < 4.78 is 0. The molecular weight excluding hydrogens is 313 g/mol. The van der Waals surface area contributed by atoms with Crippen LogP contribution < -0.4 is 10.2 Å². The molecular formula is C9H12Br2NP. The highest BCUT2D eigenvalue weighted by atomic mass is 79.9. The van der Waals surface area contributed by atoms with Crippen LogP contribution in [0.25, 0.3) is 0 Å². The first-order valence-electron chi connectivity index (χ1n) is 3.92. The summed E-state index contributed by atoms with van der Waals surface area (Å²) in [4.78, 5) is 2.13. The molecule has 1 rings (SSSR count). The van der Waals surface area contributed by atoms with Crippen molar-refractivity contribution >= 4 is 47.3 Å². The van der Waals surface area contributed by atoms with Gasteiger partial charge in [-0.25, -0.2) is 0 Å². The molecule has 0 aliphatic heterocycles. The highest BCUT2D eigenvalue weighted by Gasteiger charge is 2.10. The number of anilines is 1. The molecule has 0 heterocycles. The van der Waals surface area contributed by atoms with Gasteiger partial charge in [0.05, 0.1) is 5.33 Å². The Kier molecular flexibility index (Phi) is 4.21. The number of halogens is 2. The number of hydrogen-bond donors (Lipinski definition) is 0. The van der Waals surface area contributed by atoms with E-state index in [0.29, 0.717) is 0 Å². The Morgan fingerprint density at radius 2 is 1.85 bits per heavy atom. The Hall–Kier alpha value is 0.410. The third-order valence-corrected chi connectivity index (χ3v) is 4.81. The summed E-state index contributed by atoms with van der Waals surface area (Å²) in [7, 11) is 4.12. The molecule has 0 bridgehead atoms.